The average molecular weight is 340 g/mol. The zero-order chi connectivity index (χ0) is 17.6. The van der Waals surface area contributed by atoms with Crippen LogP contribution in [0.5, 0.6) is 17.2 Å². The van der Waals surface area contributed by atoms with Gasteiger partial charge in [-0.25, -0.2) is 0 Å². The van der Waals surface area contributed by atoms with Crippen molar-refractivity contribution in [1.29, 1.82) is 0 Å². The summed E-state index contributed by atoms with van der Waals surface area (Å²) in [6.07, 6.45) is 2.57. The smallest absolute Gasteiger partial charge is 0.221 e. The highest BCUT2D eigenvalue weighted by Crippen LogP contribution is 2.33. The number of anilines is 1. The van der Waals surface area contributed by atoms with Crippen molar-refractivity contribution < 1.29 is 14.3 Å². The first-order valence-electron chi connectivity index (χ1n) is 8.59. The van der Waals surface area contributed by atoms with Gasteiger partial charge in [0.15, 0.2) is 11.5 Å². The monoisotopic (exact) mass is 340 g/mol. The molecule has 1 amide bonds. The summed E-state index contributed by atoms with van der Waals surface area (Å²) >= 11 is 0. The maximum absolute atomic E-state index is 11.1. The first-order chi connectivity index (χ1) is 12.1. The average Bonchev–Trinajstić information content (AvgIpc) is 3.10. The van der Waals surface area contributed by atoms with E-state index in [1.165, 1.54) is 38.4 Å². The van der Waals surface area contributed by atoms with Gasteiger partial charge in [-0.15, -0.1) is 0 Å². The molecule has 1 aliphatic heterocycles. The van der Waals surface area contributed by atoms with E-state index in [9.17, 15) is 4.79 Å². The molecule has 0 aromatic heterocycles. The Balaban J connectivity index is 1.69. The van der Waals surface area contributed by atoms with Crippen molar-refractivity contribution in [3.63, 3.8) is 0 Å². The van der Waals surface area contributed by atoms with Crippen molar-refractivity contribution in [3.8, 4) is 17.2 Å². The zero-order valence-electron chi connectivity index (χ0n) is 14.7. The van der Waals surface area contributed by atoms with Crippen LogP contribution in [0.3, 0.4) is 0 Å². The minimum Gasteiger partial charge on any atom is -0.493 e. The number of benzene rings is 2. The molecule has 0 aliphatic carbocycles. The van der Waals surface area contributed by atoms with Crippen LogP contribution in [-0.4, -0.2) is 31.0 Å². The van der Waals surface area contributed by atoms with Gasteiger partial charge in [0.2, 0.25) is 5.91 Å². The van der Waals surface area contributed by atoms with Gasteiger partial charge in [0, 0.05) is 19.2 Å². The molecule has 132 valence electrons. The number of amides is 1. The van der Waals surface area contributed by atoms with Crippen LogP contribution in [0.25, 0.3) is 0 Å². The van der Waals surface area contributed by atoms with Gasteiger partial charge in [-0.2, -0.15) is 0 Å². The second-order valence-corrected chi connectivity index (χ2v) is 6.28. The number of hydrogen-bond acceptors (Lipinski definition) is 4. The van der Waals surface area contributed by atoms with Gasteiger partial charge in [-0.3, -0.25) is 9.69 Å². The normalized spacial score (nSPS) is 14.3. The molecule has 1 N–H and O–H groups in total. The van der Waals surface area contributed by atoms with Crippen molar-refractivity contribution in [2.24, 2.45) is 0 Å². The van der Waals surface area contributed by atoms with Crippen LogP contribution in [0.15, 0.2) is 42.5 Å². The molecule has 1 fully saturated rings. The number of rotatable bonds is 6. The Morgan fingerprint density at radius 3 is 2.44 bits per heavy atom. The Bertz CT molecular complexity index is 722. The lowest BCUT2D eigenvalue weighted by atomic mass is 10.2. The summed E-state index contributed by atoms with van der Waals surface area (Å²) in [6, 6.07) is 13.3. The van der Waals surface area contributed by atoms with E-state index in [0.717, 1.165) is 18.0 Å². The second kappa shape index (κ2) is 8.03. The van der Waals surface area contributed by atoms with E-state index < -0.39 is 0 Å². The number of hydrogen-bond donors (Lipinski definition) is 1. The van der Waals surface area contributed by atoms with E-state index in [1.54, 1.807) is 7.11 Å². The Hall–Kier alpha value is -2.53. The van der Waals surface area contributed by atoms with Gasteiger partial charge in [0.25, 0.3) is 0 Å². The molecule has 5 heteroatoms. The summed E-state index contributed by atoms with van der Waals surface area (Å²) in [5.41, 5.74) is 1.97. The topological polar surface area (TPSA) is 50.8 Å². The lowest BCUT2D eigenvalue weighted by Crippen LogP contribution is -2.18. The lowest BCUT2D eigenvalue weighted by molar-refractivity contribution is -0.114. The van der Waals surface area contributed by atoms with E-state index >= 15 is 0 Å². The largest absolute Gasteiger partial charge is 0.493 e. The molecule has 0 saturated carbocycles. The van der Waals surface area contributed by atoms with E-state index in [-0.39, 0.29) is 5.91 Å². The van der Waals surface area contributed by atoms with Gasteiger partial charge >= 0.3 is 0 Å². The predicted molar refractivity (Wildman–Crippen MR) is 98.3 cm³/mol. The molecule has 25 heavy (non-hydrogen) atoms. The standard InChI is InChI=1S/C20H24N2O3/c1-15(23)21-17-6-8-18(9-7-17)25-19-10-5-16(13-20(19)24-2)14-22-11-3-4-12-22/h5-10,13H,3-4,11-12,14H2,1-2H3,(H,21,23). The third-order valence-corrected chi connectivity index (χ3v) is 4.24. The summed E-state index contributed by atoms with van der Waals surface area (Å²) < 4.78 is 11.4. The van der Waals surface area contributed by atoms with Crippen LogP contribution in [-0.2, 0) is 11.3 Å². The molecule has 3 rings (SSSR count). The molecule has 2 aromatic carbocycles. The first-order valence-corrected chi connectivity index (χ1v) is 8.59. The molecule has 0 radical (unpaired) electrons. The molecule has 0 spiro atoms. The molecule has 0 unspecified atom stereocenters. The Morgan fingerprint density at radius 1 is 1.08 bits per heavy atom. The molecule has 1 heterocycles. The SMILES string of the molecule is COc1cc(CN2CCCC2)ccc1Oc1ccc(NC(C)=O)cc1. The van der Waals surface area contributed by atoms with Crippen LogP contribution in [0.4, 0.5) is 5.69 Å². The third-order valence-electron chi connectivity index (χ3n) is 4.24. The zero-order valence-corrected chi connectivity index (χ0v) is 14.7. The van der Waals surface area contributed by atoms with Crippen molar-refractivity contribution in [1.82, 2.24) is 4.90 Å². The fourth-order valence-corrected chi connectivity index (χ4v) is 3.03. The minimum atomic E-state index is -0.0936. The predicted octanol–water partition coefficient (Wildman–Crippen LogP) is 4.04. The first kappa shape index (κ1) is 17.3. The molecule has 5 nitrogen and oxygen atoms in total. The maximum atomic E-state index is 11.1. The Morgan fingerprint density at radius 2 is 1.80 bits per heavy atom. The van der Waals surface area contributed by atoms with Crippen LogP contribution >= 0.6 is 0 Å². The fourth-order valence-electron chi connectivity index (χ4n) is 3.03. The van der Waals surface area contributed by atoms with Gasteiger partial charge in [0.1, 0.15) is 5.75 Å². The lowest BCUT2D eigenvalue weighted by Gasteiger charge is -2.16. The molecule has 0 bridgehead atoms. The second-order valence-electron chi connectivity index (χ2n) is 6.28. The fraction of sp³-hybridized carbons (Fsp3) is 0.350. The highest BCUT2D eigenvalue weighted by molar-refractivity contribution is 5.88. The van der Waals surface area contributed by atoms with E-state index in [1.807, 2.05) is 36.4 Å². The van der Waals surface area contributed by atoms with Gasteiger partial charge in [0.05, 0.1) is 7.11 Å². The number of carbonyl (C=O) groups excluding carboxylic acids is 1. The highest BCUT2D eigenvalue weighted by atomic mass is 16.5. The molecule has 0 atom stereocenters. The van der Waals surface area contributed by atoms with Gasteiger partial charge < -0.3 is 14.8 Å². The van der Waals surface area contributed by atoms with Crippen molar-refractivity contribution in [2.75, 3.05) is 25.5 Å². The van der Waals surface area contributed by atoms with E-state index in [4.69, 9.17) is 9.47 Å². The summed E-state index contributed by atoms with van der Waals surface area (Å²) in [4.78, 5) is 13.5. The van der Waals surface area contributed by atoms with Crippen LogP contribution < -0.4 is 14.8 Å². The summed E-state index contributed by atoms with van der Waals surface area (Å²) in [6.45, 7) is 4.77. The number of likely N-dealkylation sites (tertiary alicyclic amines) is 1. The molecule has 1 aliphatic rings. The van der Waals surface area contributed by atoms with Crippen molar-refractivity contribution >= 4 is 11.6 Å². The van der Waals surface area contributed by atoms with Crippen LogP contribution in [0.1, 0.15) is 25.3 Å². The third kappa shape index (κ3) is 4.73. The Labute approximate surface area is 148 Å². The number of nitrogens with zero attached hydrogens (tertiary/aromatic N) is 1. The van der Waals surface area contributed by atoms with Gasteiger partial charge in [-0.05, 0) is 67.9 Å². The van der Waals surface area contributed by atoms with E-state index in [0.29, 0.717) is 11.5 Å². The van der Waals surface area contributed by atoms with Crippen LogP contribution in [0, 0.1) is 0 Å². The summed E-state index contributed by atoms with van der Waals surface area (Å²) in [7, 11) is 1.65. The minimum absolute atomic E-state index is 0.0936. The number of methoxy groups -OCH3 is 1. The molecular weight excluding hydrogens is 316 g/mol. The number of nitrogens with one attached hydrogen (secondary N) is 1. The summed E-state index contributed by atoms with van der Waals surface area (Å²) in [5.74, 6) is 2.01. The van der Waals surface area contributed by atoms with Crippen molar-refractivity contribution in [2.45, 2.75) is 26.3 Å². The Kier molecular flexibility index (Phi) is 5.56. The molecule has 1 saturated heterocycles. The van der Waals surface area contributed by atoms with Gasteiger partial charge in [-0.1, -0.05) is 6.07 Å². The number of ether oxygens (including phenoxy) is 2. The number of carbonyl (C=O) groups is 1. The van der Waals surface area contributed by atoms with Crippen molar-refractivity contribution in [3.05, 3.63) is 48.0 Å². The maximum Gasteiger partial charge on any atom is 0.221 e. The molecular formula is C20H24N2O3. The quantitative estimate of drug-likeness (QED) is 0.862. The van der Waals surface area contributed by atoms with Crippen LogP contribution in [0.2, 0.25) is 0 Å². The van der Waals surface area contributed by atoms with E-state index in [2.05, 4.69) is 16.3 Å². The summed E-state index contributed by atoms with van der Waals surface area (Å²) in [5, 5.41) is 2.74. The molecule has 2 aromatic rings. The highest BCUT2D eigenvalue weighted by Gasteiger charge is 2.13.